The van der Waals surface area contributed by atoms with E-state index >= 15 is 0 Å². The first-order valence-electron chi connectivity index (χ1n) is 6.72. The SMILES string of the molecule is C[C@H](CO)CC[C@@H]1CCOC(c2ccccc2)O1. The van der Waals surface area contributed by atoms with Crippen molar-refractivity contribution < 1.29 is 14.6 Å². The largest absolute Gasteiger partial charge is 0.396 e. The standard InChI is InChI=1S/C15H22O3/c1-12(11-16)7-8-14-9-10-17-15(18-14)13-5-3-2-4-6-13/h2-6,12,14-16H,7-11H2,1H3/t12-,14+,15?/m0/s1. The highest BCUT2D eigenvalue weighted by molar-refractivity contribution is 5.16. The number of ether oxygens (including phenoxy) is 2. The summed E-state index contributed by atoms with van der Waals surface area (Å²) in [6.45, 7) is 3.07. The Balaban J connectivity index is 1.85. The van der Waals surface area contributed by atoms with E-state index in [4.69, 9.17) is 14.6 Å². The van der Waals surface area contributed by atoms with Crippen LogP contribution in [0, 0.1) is 5.92 Å². The predicted molar refractivity (Wildman–Crippen MR) is 70.1 cm³/mol. The summed E-state index contributed by atoms with van der Waals surface area (Å²) in [6, 6.07) is 10.1. The first-order valence-corrected chi connectivity index (χ1v) is 6.72. The van der Waals surface area contributed by atoms with E-state index in [9.17, 15) is 0 Å². The minimum atomic E-state index is -0.227. The molecule has 0 bridgehead atoms. The highest BCUT2D eigenvalue weighted by Crippen LogP contribution is 2.28. The molecule has 1 unspecified atom stereocenters. The molecule has 3 heteroatoms. The number of aliphatic hydroxyl groups excluding tert-OH is 1. The molecule has 0 aliphatic carbocycles. The van der Waals surface area contributed by atoms with E-state index in [2.05, 4.69) is 6.92 Å². The van der Waals surface area contributed by atoms with Crippen molar-refractivity contribution in [1.82, 2.24) is 0 Å². The zero-order valence-corrected chi connectivity index (χ0v) is 10.9. The maximum Gasteiger partial charge on any atom is 0.184 e. The topological polar surface area (TPSA) is 38.7 Å². The lowest BCUT2D eigenvalue weighted by Gasteiger charge is -2.31. The van der Waals surface area contributed by atoms with E-state index in [1.54, 1.807) is 0 Å². The third-order valence-electron chi connectivity index (χ3n) is 3.39. The first kappa shape index (κ1) is 13.5. The third-order valence-corrected chi connectivity index (χ3v) is 3.39. The van der Waals surface area contributed by atoms with E-state index in [1.165, 1.54) is 0 Å². The molecular formula is C15H22O3. The van der Waals surface area contributed by atoms with Crippen molar-refractivity contribution in [3.8, 4) is 0 Å². The normalized spacial score (nSPS) is 25.9. The number of hydrogen-bond acceptors (Lipinski definition) is 3. The Bertz CT molecular complexity index is 339. The van der Waals surface area contributed by atoms with Crippen LogP contribution in [0.1, 0.15) is 38.0 Å². The van der Waals surface area contributed by atoms with Crippen molar-refractivity contribution in [2.45, 2.75) is 38.6 Å². The molecule has 1 aliphatic rings. The molecule has 0 spiro atoms. The molecule has 0 aromatic heterocycles. The van der Waals surface area contributed by atoms with Crippen molar-refractivity contribution in [2.24, 2.45) is 5.92 Å². The summed E-state index contributed by atoms with van der Waals surface area (Å²) in [6.07, 6.45) is 2.96. The maximum atomic E-state index is 9.03. The van der Waals surface area contributed by atoms with Gasteiger partial charge < -0.3 is 14.6 Å². The van der Waals surface area contributed by atoms with E-state index in [0.717, 1.165) is 31.4 Å². The smallest absolute Gasteiger partial charge is 0.184 e. The Labute approximate surface area is 109 Å². The van der Waals surface area contributed by atoms with Crippen molar-refractivity contribution in [3.63, 3.8) is 0 Å². The zero-order valence-electron chi connectivity index (χ0n) is 10.9. The van der Waals surface area contributed by atoms with Crippen LogP contribution in [0.2, 0.25) is 0 Å². The second kappa shape index (κ2) is 6.88. The quantitative estimate of drug-likeness (QED) is 0.873. The molecule has 1 heterocycles. The van der Waals surface area contributed by atoms with Crippen LogP contribution >= 0.6 is 0 Å². The molecule has 0 radical (unpaired) electrons. The summed E-state index contributed by atoms with van der Waals surface area (Å²) in [5.41, 5.74) is 1.08. The molecule has 3 nitrogen and oxygen atoms in total. The van der Waals surface area contributed by atoms with Crippen molar-refractivity contribution in [2.75, 3.05) is 13.2 Å². The summed E-state index contributed by atoms with van der Waals surface area (Å²) >= 11 is 0. The van der Waals surface area contributed by atoms with Gasteiger partial charge in [0, 0.05) is 12.2 Å². The molecule has 1 fully saturated rings. The van der Waals surface area contributed by atoms with E-state index in [1.807, 2.05) is 30.3 Å². The summed E-state index contributed by atoms with van der Waals surface area (Å²) in [7, 11) is 0. The molecular weight excluding hydrogens is 228 g/mol. The van der Waals surface area contributed by atoms with Gasteiger partial charge >= 0.3 is 0 Å². The summed E-state index contributed by atoms with van der Waals surface area (Å²) < 4.78 is 11.6. The number of aliphatic hydroxyl groups is 1. The highest BCUT2D eigenvalue weighted by Gasteiger charge is 2.24. The molecule has 2 rings (SSSR count). The van der Waals surface area contributed by atoms with Gasteiger partial charge in [-0.1, -0.05) is 37.3 Å². The lowest BCUT2D eigenvalue weighted by atomic mass is 10.0. The Morgan fingerprint density at radius 3 is 2.83 bits per heavy atom. The van der Waals surface area contributed by atoms with Gasteiger partial charge in [0.25, 0.3) is 0 Å². The van der Waals surface area contributed by atoms with E-state index in [0.29, 0.717) is 5.92 Å². The highest BCUT2D eigenvalue weighted by atomic mass is 16.7. The van der Waals surface area contributed by atoms with Crippen LogP contribution in [0.15, 0.2) is 30.3 Å². The van der Waals surface area contributed by atoms with Gasteiger partial charge in [0.05, 0.1) is 12.7 Å². The molecule has 1 aromatic rings. The van der Waals surface area contributed by atoms with Gasteiger partial charge in [0.15, 0.2) is 6.29 Å². The summed E-state index contributed by atoms with van der Waals surface area (Å²) in [4.78, 5) is 0. The van der Waals surface area contributed by atoms with Crippen molar-refractivity contribution >= 4 is 0 Å². The number of rotatable bonds is 5. The summed E-state index contributed by atoms with van der Waals surface area (Å²) in [5, 5.41) is 9.03. The van der Waals surface area contributed by atoms with Gasteiger partial charge in [0.2, 0.25) is 0 Å². The van der Waals surface area contributed by atoms with Crippen LogP contribution in [0.4, 0.5) is 0 Å². The molecule has 18 heavy (non-hydrogen) atoms. The average Bonchev–Trinajstić information content (AvgIpc) is 2.46. The minimum absolute atomic E-state index is 0.227. The van der Waals surface area contributed by atoms with Gasteiger partial charge in [-0.3, -0.25) is 0 Å². The monoisotopic (exact) mass is 250 g/mol. The molecule has 1 saturated heterocycles. The van der Waals surface area contributed by atoms with Crippen LogP contribution < -0.4 is 0 Å². The fraction of sp³-hybridized carbons (Fsp3) is 0.600. The Hall–Kier alpha value is -0.900. The van der Waals surface area contributed by atoms with Gasteiger partial charge in [-0.05, 0) is 25.2 Å². The Morgan fingerprint density at radius 2 is 2.11 bits per heavy atom. The predicted octanol–water partition coefficient (Wildman–Crippen LogP) is 2.90. The molecule has 1 N–H and O–H groups in total. The van der Waals surface area contributed by atoms with Crippen molar-refractivity contribution in [3.05, 3.63) is 35.9 Å². The molecule has 1 aliphatic heterocycles. The van der Waals surface area contributed by atoms with Crippen LogP contribution in [-0.4, -0.2) is 24.4 Å². The molecule has 0 amide bonds. The van der Waals surface area contributed by atoms with E-state index < -0.39 is 0 Å². The maximum absolute atomic E-state index is 9.03. The fourth-order valence-electron chi connectivity index (χ4n) is 2.15. The number of hydrogen-bond donors (Lipinski definition) is 1. The second-order valence-corrected chi connectivity index (χ2v) is 5.03. The average molecular weight is 250 g/mol. The van der Waals surface area contributed by atoms with Gasteiger partial charge in [-0.15, -0.1) is 0 Å². The van der Waals surface area contributed by atoms with Crippen LogP contribution in [0.3, 0.4) is 0 Å². The Morgan fingerprint density at radius 1 is 1.33 bits per heavy atom. The van der Waals surface area contributed by atoms with Crippen LogP contribution in [-0.2, 0) is 9.47 Å². The molecule has 0 saturated carbocycles. The lowest BCUT2D eigenvalue weighted by Crippen LogP contribution is -2.27. The zero-order chi connectivity index (χ0) is 12.8. The third kappa shape index (κ3) is 3.80. The lowest BCUT2D eigenvalue weighted by molar-refractivity contribution is -0.219. The van der Waals surface area contributed by atoms with Gasteiger partial charge in [-0.2, -0.15) is 0 Å². The number of benzene rings is 1. The van der Waals surface area contributed by atoms with E-state index in [-0.39, 0.29) is 19.0 Å². The fourth-order valence-corrected chi connectivity index (χ4v) is 2.15. The van der Waals surface area contributed by atoms with Gasteiger partial charge in [0.1, 0.15) is 0 Å². The first-order chi connectivity index (χ1) is 8.79. The van der Waals surface area contributed by atoms with Gasteiger partial charge in [-0.25, -0.2) is 0 Å². The Kier molecular flexibility index (Phi) is 5.17. The molecule has 1 aromatic carbocycles. The molecule has 100 valence electrons. The molecule has 3 atom stereocenters. The minimum Gasteiger partial charge on any atom is -0.396 e. The van der Waals surface area contributed by atoms with Crippen LogP contribution in [0.25, 0.3) is 0 Å². The van der Waals surface area contributed by atoms with Crippen LogP contribution in [0.5, 0.6) is 0 Å². The summed E-state index contributed by atoms with van der Waals surface area (Å²) in [5.74, 6) is 0.353. The second-order valence-electron chi connectivity index (χ2n) is 5.03. The van der Waals surface area contributed by atoms with Crippen molar-refractivity contribution in [1.29, 1.82) is 0 Å².